The van der Waals surface area contributed by atoms with Crippen molar-refractivity contribution in [1.29, 1.82) is 0 Å². The van der Waals surface area contributed by atoms with E-state index in [9.17, 15) is 19.2 Å². The van der Waals surface area contributed by atoms with E-state index in [1.165, 1.54) is 0 Å². The maximum Gasteiger partial charge on any atom is 0.197 e. The van der Waals surface area contributed by atoms with Crippen molar-refractivity contribution in [3.05, 3.63) is 127 Å². The van der Waals surface area contributed by atoms with E-state index in [0.717, 1.165) is 51.8 Å². The van der Waals surface area contributed by atoms with E-state index in [-0.39, 0.29) is 34.3 Å². The molecule has 2 heterocycles. The van der Waals surface area contributed by atoms with Crippen LogP contribution in [-0.4, -0.2) is 23.1 Å². The summed E-state index contributed by atoms with van der Waals surface area (Å²) in [5, 5.41) is 4.38. The zero-order chi connectivity index (χ0) is 28.9. The van der Waals surface area contributed by atoms with Gasteiger partial charge >= 0.3 is 0 Å². The van der Waals surface area contributed by atoms with Gasteiger partial charge in [-0.1, -0.05) is 48.5 Å². The Morgan fingerprint density at radius 3 is 1.14 bits per heavy atom. The number of rotatable bonds is 2. The quantitative estimate of drug-likeness (QED) is 0.152. The topological polar surface area (TPSA) is 68.3 Å². The molecule has 6 aromatic rings. The Bertz CT molecular complexity index is 2100. The maximum atomic E-state index is 13.0. The third-order valence-corrected chi connectivity index (χ3v) is 10.5. The Kier molecular flexibility index (Phi) is 5.27. The van der Waals surface area contributed by atoms with Gasteiger partial charge < -0.3 is 0 Å². The molecule has 0 N–H and O–H groups in total. The minimum Gasteiger partial charge on any atom is -0.288 e. The van der Waals surface area contributed by atoms with Crippen LogP contribution in [0.1, 0.15) is 62.3 Å². The SMILES string of the molecule is Cc1cc2c(cc(C)c3cc(C=C4C(=O)c5ccccc5C4=O)sc32)c2sc(C=C3C(=O)c4ccccc4C3=O)cc12. The second-order valence-electron chi connectivity index (χ2n) is 10.8. The average molecular weight is 581 g/mol. The fourth-order valence-corrected chi connectivity index (χ4v) is 8.56. The molecular formula is C36H20O4S2. The van der Waals surface area contributed by atoms with Crippen LogP contribution in [-0.2, 0) is 0 Å². The third-order valence-electron chi connectivity index (χ3n) is 8.24. The van der Waals surface area contributed by atoms with E-state index < -0.39 is 0 Å². The summed E-state index contributed by atoms with van der Waals surface area (Å²) in [5.74, 6) is -0.908. The van der Waals surface area contributed by atoms with E-state index in [4.69, 9.17) is 0 Å². The van der Waals surface area contributed by atoms with Crippen LogP contribution in [0, 0.1) is 13.8 Å². The van der Waals surface area contributed by atoms with E-state index in [0.29, 0.717) is 22.3 Å². The molecule has 6 heteroatoms. The molecule has 2 aliphatic rings. The van der Waals surface area contributed by atoms with E-state index in [2.05, 4.69) is 38.1 Å². The lowest BCUT2D eigenvalue weighted by molar-refractivity contribution is 0.0975. The summed E-state index contributed by atoms with van der Waals surface area (Å²) in [6.45, 7) is 4.14. The van der Waals surface area contributed by atoms with Crippen LogP contribution in [0.4, 0.5) is 0 Å². The van der Waals surface area contributed by atoms with Crippen molar-refractivity contribution in [3.8, 4) is 0 Å². The Labute approximate surface area is 248 Å². The van der Waals surface area contributed by atoms with Gasteiger partial charge in [0.05, 0.1) is 11.1 Å². The highest BCUT2D eigenvalue weighted by Crippen LogP contribution is 2.43. The Morgan fingerprint density at radius 1 is 0.476 bits per heavy atom. The molecule has 0 atom stereocenters. The highest BCUT2D eigenvalue weighted by atomic mass is 32.1. The number of aryl methyl sites for hydroxylation is 2. The number of Topliss-reactive ketones (excluding diaryl/α,β-unsaturated/α-hetero) is 4. The number of fused-ring (bicyclic) bond motifs is 7. The zero-order valence-electron chi connectivity index (χ0n) is 22.5. The van der Waals surface area contributed by atoms with Crippen LogP contribution in [0.2, 0.25) is 0 Å². The van der Waals surface area contributed by atoms with Gasteiger partial charge in [0.25, 0.3) is 0 Å². The van der Waals surface area contributed by atoms with Gasteiger partial charge in [0, 0.05) is 52.2 Å². The lowest BCUT2D eigenvalue weighted by atomic mass is 9.99. The van der Waals surface area contributed by atoms with Gasteiger partial charge in [-0.25, -0.2) is 0 Å². The van der Waals surface area contributed by atoms with Gasteiger partial charge in [0.2, 0.25) is 0 Å². The van der Waals surface area contributed by atoms with Crippen molar-refractivity contribution < 1.29 is 19.2 Å². The first kappa shape index (κ1) is 25.0. The second kappa shape index (κ2) is 8.86. The highest BCUT2D eigenvalue weighted by molar-refractivity contribution is 7.22. The Morgan fingerprint density at radius 2 is 0.810 bits per heavy atom. The summed E-state index contributed by atoms with van der Waals surface area (Å²) in [7, 11) is 0. The molecule has 2 aliphatic carbocycles. The summed E-state index contributed by atoms with van der Waals surface area (Å²) >= 11 is 3.15. The van der Waals surface area contributed by atoms with Crippen molar-refractivity contribution >= 4 is 88.9 Å². The molecule has 42 heavy (non-hydrogen) atoms. The molecule has 0 amide bonds. The molecule has 0 saturated carbocycles. The first-order chi connectivity index (χ1) is 20.3. The minimum absolute atomic E-state index is 0.206. The van der Waals surface area contributed by atoms with Crippen LogP contribution in [0.3, 0.4) is 0 Å². The maximum absolute atomic E-state index is 13.0. The standard InChI is InChI=1S/C36H20O4S2/c1-17-11-27-28(35-25(17)13-19(41-35)15-29-31(37)21-7-3-4-8-22(21)32(29)38)12-18(2)26-14-20(42-36(26)27)16-30-33(39)23-9-5-6-10-24(23)34(30)40/h3-16H,1-2H3. The molecular weight excluding hydrogens is 561 g/mol. The van der Waals surface area contributed by atoms with Gasteiger partial charge in [-0.3, -0.25) is 19.2 Å². The van der Waals surface area contributed by atoms with Crippen molar-refractivity contribution in [2.45, 2.75) is 13.8 Å². The number of allylic oxidation sites excluding steroid dienone is 2. The van der Waals surface area contributed by atoms with Crippen molar-refractivity contribution in [1.82, 2.24) is 0 Å². The zero-order valence-corrected chi connectivity index (χ0v) is 24.2. The van der Waals surface area contributed by atoms with Gasteiger partial charge in [-0.2, -0.15) is 0 Å². The van der Waals surface area contributed by atoms with Crippen LogP contribution in [0.15, 0.2) is 83.9 Å². The van der Waals surface area contributed by atoms with Crippen molar-refractivity contribution in [2.75, 3.05) is 0 Å². The molecule has 8 rings (SSSR count). The number of carbonyl (C=O) groups is 4. The molecule has 0 fully saturated rings. The number of hydrogen-bond acceptors (Lipinski definition) is 6. The van der Waals surface area contributed by atoms with Crippen molar-refractivity contribution in [3.63, 3.8) is 0 Å². The molecule has 0 radical (unpaired) electrons. The van der Waals surface area contributed by atoms with Crippen LogP contribution < -0.4 is 0 Å². The van der Waals surface area contributed by atoms with Crippen LogP contribution in [0.5, 0.6) is 0 Å². The van der Waals surface area contributed by atoms with Crippen molar-refractivity contribution in [2.24, 2.45) is 0 Å². The summed E-state index contributed by atoms with van der Waals surface area (Å²) in [4.78, 5) is 53.7. The Hall–Kier alpha value is -4.78. The van der Waals surface area contributed by atoms with Gasteiger partial charge in [-0.05, 0) is 72.2 Å². The molecule has 0 unspecified atom stereocenters. The number of carbonyl (C=O) groups excluding carboxylic acids is 4. The largest absolute Gasteiger partial charge is 0.288 e. The number of benzene rings is 4. The van der Waals surface area contributed by atoms with E-state index in [1.54, 1.807) is 83.4 Å². The molecule has 0 spiro atoms. The summed E-state index contributed by atoms with van der Waals surface area (Å²) in [5.41, 5.74) is 4.45. The average Bonchev–Trinajstić information content (AvgIpc) is 3.73. The van der Waals surface area contributed by atoms with Crippen LogP contribution >= 0.6 is 22.7 Å². The first-order valence-electron chi connectivity index (χ1n) is 13.5. The fraction of sp³-hybridized carbons (Fsp3) is 0.0556. The number of hydrogen-bond donors (Lipinski definition) is 0. The van der Waals surface area contributed by atoms with E-state index in [1.807, 2.05) is 0 Å². The lowest BCUT2D eigenvalue weighted by Crippen LogP contribution is -1.99. The smallest absolute Gasteiger partial charge is 0.197 e. The molecule has 4 aromatic carbocycles. The molecule has 0 bridgehead atoms. The molecule has 200 valence electrons. The normalized spacial score (nSPS) is 14.5. The lowest BCUT2D eigenvalue weighted by Gasteiger charge is -2.07. The molecule has 4 nitrogen and oxygen atoms in total. The molecule has 2 aromatic heterocycles. The summed E-state index contributed by atoms with van der Waals surface area (Å²) < 4.78 is 2.20. The summed E-state index contributed by atoms with van der Waals surface area (Å²) in [6.07, 6.45) is 3.46. The van der Waals surface area contributed by atoms with E-state index >= 15 is 0 Å². The van der Waals surface area contributed by atoms with Gasteiger partial charge in [0.1, 0.15) is 0 Å². The Balaban J connectivity index is 1.26. The monoisotopic (exact) mass is 580 g/mol. The minimum atomic E-state index is -0.227. The predicted octanol–water partition coefficient (Wildman–Crippen LogP) is 8.81. The van der Waals surface area contributed by atoms with Gasteiger partial charge in [0.15, 0.2) is 23.1 Å². The second-order valence-corrected chi connectivity index (χ2v) is 13.0. The van der Waals surface area contributed by atoms with Gasteiger partial charge in [-0.15, -0.1) is 22.7 Å². The summed E-state index contributed by atoms with van der Waals surface area (Å²) in [6, 6.07) is 22.4. The first-order valence-corrected chi connectivity index (χ1v) is 15.1. The highest BCUT2D eigenvalue weighted by Gasteiger charge is 2.34. The molecule has 0 saturated heterocycles. The number of ketones is 4. The predicted molar refractivity (Wildman–Crippen MR) is 170 cm³/mol. The van der Waals surface area contributed by atoms with Crippen LogP contribution in [0.25, 0.3) is 43.1 Å². The molecule has 0 aliphatic heterocycles. The fourth-order valence-electron chi connectivity index (χ4n) is 6.16. The number of thiophene rings is 2. The third kappa shape index (κ3) is 3.46.